The summed E-state index contributed by atoms with van der Waals surface area (Å²) in [6, 6.07) is 2.54. The van der Waals surface area contributed by atoms with Crippen LogP contribution in [0.3, 0.4) is 0 Å². The SMILES string of the molecule is Cn1cc([C@@H]2CN(c3nc(-c4ccc(F)cc4F)c4nc(C(F)(F)F)n(C)c(=O)c4n3)CC(C)(C)O2)cn1. The van der Waals surface area contributed by atoms with E-state index in [0.717, 1.165) is 24.7 Å². The molecule has 0 bridgehead atoms. The number of rotatable bonds is 3. The Bertz CT molecular complexity index is 1610. The van der Waals surface area contributed by atoms with E-state index in [0.29, 0.717) is 10.6 Å². The highest BCUT2D eigenvalue weighted by molar-refractivity contribution is 5.89. The van der Waals surface area contributed by atoms with E-state index in [1.54, 1.807) is 29.0 Å². The molecule has 0 radical (unpaired) electrons. The summed E-state index contributed by atoms with van der Waals surface area (Å²) < 4.78 is 77.7. The van der Waals surface area contributed by atoms with E-state index >= 15 is 0 Å². The van der Waals surface area contributed by atoms with Crippen LogP contribution in [0, 0.1) is 11.6 Å². The average molecular weight is 535 g/mol. The lowest BCUT2D eigenvalue weighted by atomic mass is 10.0. The number of nitrogens with zero attached hydrogens (tertiary/aromatic N) is 7. The fourth-order valence-corrected chi connectivity index (χ4v) is 4.51. The molecule has 0 unspecified atom stereocenters. The third kappa shape index (κ3) is 4.59. The fraction of sp³-hybridized carbons (Fsp3) is 0.375. The second kappa shape index (κ2) is 8.82. The van der Waals surface area contributed by atoms with Gasteiger partial charge in [0.2, 0.25) is 11.8 Å². The predicted molar refractivity (Wildman–Crippen MR) is 126 cm³/mol. The van der Waals surface area contributed by atoms with Crippen LogP contribution >= 0.6 is 0 Å². The molecule has 4 heterocycles. The Kier molecular flexibility index (Phi) is 5.97. The molecule has 0 aliphatic carbocycles. The molecule has 0 N–H and O–H groups in total. The highest BCUT2D eigenvalue weighted by Crippen LogP contribution is 2.35. The highest BCUT2D eigenvalue weighted by Gasteiger charge is 2.39. The maximum Gasteiger partial charge on any atom is 0.449 e. The van der Waals surface area contributed by atoms with Gasteiger partial charge in [-0.1, -0.05) is 0 Å². The Labute approximate surface area is 212 Å². The number of anilines is 1. The molecule has 14 heteroatoms. The molecule has 1 aliphatic rings. The van der Waals surface area contributed by atoms with Crippen molar-refractivity contribution in [3.8, 4) is 11.3 Å². The molecule has 0 saturated carbocycles. The molecule has 200 valence electrons. The van der Waals surface area contributed by atoms with Crippen molar-refractivity contribution < 1.29 is 26.7 Å². The molecule has 1 saturated heterocycles. The maximum atomic E-state index is 14.9. The van der Waals surface area contributed by atoms with Crippen molar-refractivity contribution in [1.82, 2.24) is 29.3 Å². The summed E-state index contributed by atoms with van der Waals surface area (Å²) >= 11 is 0. The molecule has 5 rings (SSSR count). The Hall–Kier alpha value is -3.94. The summed E-state index contributed by atoms with van der Waals surface area (Å²) in [4.78, 5) is 27.1. The minimum atomic E-state index is -4.98. The van der Waals surface area contributed by atoms with E-state index in [4.69, 9.17) is 4.74 Å². The van der Waals surface area contributed by atoms with Crippen molar-refractivity contribution in [2.45, 2.75) is 31.7 Å². The molecule has 1 aromatic carbocycles. The van der Waals surface area contributed by atoms with Gasteiger partial charge in [-0.3, -0.25) is 14.0 Å². The zero-order chi connectivity index (χ0) is 27.6. The van der Waals surface area contributed by atoms with Crippen LogP contribution < -0.4 is 10.5 Å². The summed E-state index contributed by atoms with van der Waals surface area (Å²) in [5, 5.41) is 4.17. The van der Waals surface area contributed by atoms with Crippen molar-refractivity contribution in [3.63, 3.8) is 0 Å². The van der Waals surface area contributed by atoms with Crippen LogP contribution in [0.5, 0.6) is 0 Å². The van der Waals surface area contributed by atoms with Gasteiger partial charge in [-0.15, -0.1) is 0 Å². The second-order valence-corrected chi connectivity index (χ2v) is 9.68. The minimum absolute atomic E-state index is 0.0415. The van der Waals surface area contributed by atoms with Crippen LogP contribution in [0.15, 0.2) is 35.4 Å². The molecule has 0 spiro atoms. The summed E-state index contributed by atoms with van der Waals surface area (Å²) in [7, 11) is 2.68. The monoisotopic (exact) mass is 535 g/mol. The number of alkyl halides is 3. The van der Waals surface area contributed by atoms with E-state index in [9.17, 15) is 26.7 Å². The van der Waals surface area contributed by atoms with Gasteiger partial charge in [0.05, 0.1) is 18.3 Å². The highest BCUT2D eigenvalue weighted by atomic mass is 19.4. The van der Waals surface area contributed by atoms with Crippen LogP contribution in [0.4, 0.5) is 27.9 Å². The first kappa shape index (κ1) is 25.7. The van der Waals surface area contributed by atoms with Gasteiger partial charge in [-0.2, -0.15) is 18.3 Å². The van der Waals surface area contributed by atoms with Gasteiger partial charge in [-0.25, -0.2) is 23.7 Å². The number of hydrogen-bond donors (Lipinski definition) is 0. The lowest BCUT2D eigenvalue weighted by Gasteiger charge is -2.42. The van der Waals surface area contributed by atoms with E-state index in [2.05, 4.69) is 20.1 Å². The molecule has 1 atom stereocenters. The minimum Gasteiger partial charge on any atom is -0.364 e. The molecule has 1 fully saturated rings. The summed E-state index contributed by atoms with van der Waals surface area (Å²) in [5.74, 6) is -3.51. The molecule has 0 amide bonds. The number of aryl methyl sites for hydroxylation is 1. The van der Waals surface area contributed by atoms with E-state index < -0.39 is 51.9 Å². The third-order valence-electron chi connectivity index (χ3n) is 6.15. The number of halogens is 5. The Morgan fingerprint density at radius 3 is 2.45 bits per heavy atom. The Balaban J connectivity index is 1.75. The Morgan fingerprint density at radius 1 is 1.08 bits per heavy atom. The molecule has 1 aliphatic heterocycles. The standard InChI is InChI=1S/C24H22F5N7O2/c1-23(2)11-36(10-16(38-23)12-8-30-34(3)9-12)22-32-17(14-6-5-13(25)7-15(14)26)18-19(33-22)20(37)35(4)21(31-18)24(27,28)29/h5-9,16H,10-11H2,1-4H3/t16-/m0/s1. The Morgan fingerprint density at radius 2 is 1.82 bits per heavy atom. The summed E-state index contributed by atoms with van der Waals surface area (Å²) in [6.45, 7) is 4.12. The van der Waals surface area contributed by atoms with Gasteiger partial charge in [0, 0.05) is 44.0 Å². The van der Waals surface area contributed by atoms with Gasteiger partial charge in [0.15, 0.2) is 5.52 Å². The van der Waals surface area contributed by atoms with Crippen molar-refractivity contribution in [2.75, 3.05) is 18.0 Å². The maximum absolute atomic E-state index is 14.9. The van der Waals surface area contributed by atoms with Gasteiger partial charge >= 0.3 is 6.18 Å². The topological polar surface area (TPSA) is 91.0 Å². The van der Waals surface area contributed by atoms with Gasteiger partial charge in [-0.05, 0) is 26.0 Å². The molecule has 9 nitrogen and oxygen atoms in total. The van der Waals surface area contributed by atoms with Crippen molar-refractivity contribution in [3.05, 3.63) is 64.0 Å². The van der Waals surface area contributed by atoms with E-state index in [-0.39, 0.29) is 30.3 Å². The number of aromatic nitrogens is 6. The number of fused-ring (bicyclic) bond motifs is 1. The molecular weight excluding hydrogens is 513 g/mol. The van der Waals surface area contributed by atoms with Crippen molar-refractivity contribution in [1.29, 1.82) is 0 Å². The lowest BCUT2D eigenvalue weighted by molar-refractivity contribution is -0.147. The van der Waals surface area contributed by atoms with Crippen molar-refractivity contribution >= 4 is 17.0 Å². The first-order valence-electron chi connectivity index (χ1n) is 11.5. The zero-order valence-electron chi connectivity index (χ0n) is 20.7. The normalized spacial score (nSPS) is 17.8. The summed E-state index contributed by atoms with van der Waals surface area (Å²) in [6.07, 6.45) is -2.04. The molecular formula is C24H22F5N7O2. The van der Waals surface area contributed by atoms with Crippen LogP contribution in [0.25, 0.3) is 22.3 Å². The van der Waals surface area contributed by atoms with E-state index in [1.165, 1.54) is 0 Å². The summed E-state index contributed by atoms with van der Waals surface area (Å²) in [5.41, 5.74) is -2.74. The number of ether oxygens (including phenoxy) is 1. The fourth-order valence-electron chi connectivity index (χ4n) is 4.51. The second-order valence-electron chi connectivity index (χ2n) is 9.68. The van der Waals surface area contributed by atoms with Gasteiger partial charge < -0.3 is 9.64 Å². The van der Waals surface area contributed by atoms with Crippen LogP contribution in [0.2, 0.25) is 0 Å². The molecule has 4 aromatic rings. The number of hydrogen-bond acceptors (Lipinski definition) is 7. The van der Waals surface area contributed by atoms with Crippen LogP contribution in [-0.2, 0) is 25.0 Å². The smallest absolute Gasteiger partial charge is 0.364 e. The van der Waals surface area contributed by atoms with Gasteiger partial charge in [0.25, 0.3) is 5.56 Å². The third-order valence-corrected chi connectivity index (χ3v) is 6.15. The number of benzene rings is 1. The molecule has 38 heavy (non-hydrogen) atoms. The predicted octanol–water partition coefficient (Wildman–Crippen LogP) is 3.78. The average Bonchev–Trinajstić information content (AvgIpc) is 3.25. The van der Waals surface area contributed by atoms with Crippen molar-refractivity contribution in [2.24, 2.45) is 14.1 Å². The number of morpholine rings is 1. The largest absolute Gasteiger partial charge is 0.449 e. The molecule has 3 aromatic heterocycles. The first-order valence-corrected chi connectivity index (χ1v) is 11.5. The quantitative estimate of drug-likeness (QED) is 0.369. The van der Waals surface area contributed by atoms with Crippen LogP contribution in [0.1, 0.15) is 31.3 Å². The van der Waals surface area contributed by atoms with Gasteiger partial charge in [0.1, 0.15) is 28.9 Å². The van der Waals surface area contributed by atoms with E-state index in [1.807, 2.05) is 13.8 Å². The zero-order valence-corrected chi connectivity index (χ0v) is 20.7. The first-order chi connectivity index (χ1) is 17.7. The lowest BCUT2D eigenvalue weighted by Crippen LogP contribution is -2.50. The van der Waals surface area contributed by atoms with Crippen LogP contribution in [-0.4, -0.2) is 48.0 Å².